The molecule has 0 unspecified atom stereocenters. The van der Waals surface area contributed by atoms with Gasteiger partial charge in [-0.05, 0) is 81.8 Å². The monoisotopic (exact) mass is 811 g/mol. The number of para-hydroxylation sites is 1. The number of primary amides is 1. The predicted molar refractivity (Wildman–Crippen MR) is 222 cm³/mol. The first-order chi connectivity index (χ1) is 26.3. The molecule has 3 aromatic rings. The number of hydrogen-bond donors (Lipinski definition) is 3. The number of hydrogen-bond acceptors (Lipinski definition) is 10. The number of thiazole rings is 1. The lowest BCUT2D eigenvalue weighted by Gasteiger charge is -2.31. The molecule has 0 radical (unpaired) electrons. The van der Waals surface area contributed by atoms with E-state index in [2.05, 4.69) is 44.6 Å². The summed E-state index contributed by atoms with van der Waals surface area (Å²) in [5.74, 6) is -0.931. The van der Waals surface area contributed by atoms with Crippen molar-refractivity contribution in [3.05, 3.63) is 40.9 Å². The summed E-state index contributed by atoms with van der Waals surface area (Å²) in [5, 5.41) is 0.876. The van der Waals surface area contributed by atoms with Crippen LogP contribution in [-0.4, -0.2) is 76.1 Å². The normalized spacial score (nSPS) is 20.7. The van der Waals surface area contributed by atoms with Crippen molar-refractivity contribution in [1.82, 2.24) is 24.2 Å². The summed E-state index contributed by atoms with van der Waals surface area (Å²) in [7, 11) is -3.60. The molecule has 2 fully saturated rings. The number of amides is 3. The third kappa shape index (κ3) is 10.2. The van der Waals surface area contributed by atoms with Gasteiger partial charge in [0, 0.05) is 28.8 Å². The lowest BCUT2D eigenvalue weighted by Crippen LogP contribution is -2.54. The van der Waals surface area contributed by atoms with Crippen molar-refractivity contribution < 1.29 is 27.5 Å². The van der Waals surface area contributed by atoms with Crippen LogP contribution in [0.2, 0.25) is 0 Å². The van der Waals surface area contributed by atoms with Crippen LogP contribution >= 0.6 is 11.3 Å². The number of imidazole rings is 1. The Kier molecular flexibility index (Phi) is 13.7. The van der Waals surface area contributed by atoms with Crippen LogP contribution in [0.15, 0.2) is 30.4 Å². The molecule has 1 aliphatic heterocycles. The van der Waals surface area contributed by atoms with Crippen LogP contribution in [0, 0.1) is 17.3 Å². The number of ether oxygens (including phenoxy) is 1. The third-order valence-corrected chi connectivity index (χ3v) is 13.3. The van der Waals surface area contributed by atoms with Gasteiger partial charge in [-0.15, -0.1) is 11.3 Å². The fraction of sp³-hybridized carbons (Fsp3) is 0.634. The molecule has 0 spiro atoms. The summed E-state index contributed by atoms with van der Waals surface area (Å²) in [4.78, 5) is 50.9. The minimum absolute atomic E-state index is 0.00164. The van der Waals surface area contributed by atoms with Crippen molar-refractivity contribution in [2.24, 2.45) is 28.7 Å². The van der Waals surface area contributed by atoms with Crippen molar-refractivity contribution in [3.8, 4) is 16.6 Å². The highest BCUT2D eigenvalue weighted by Gasteiger charge is 2.44. The molecule has 5 N–H and O–H groups in total. The largest absolute Gasteiger partial charge is 0.459 e. The number of unbranched alkanes of at least 4 members (excludes halogenated alkanes) is 2. The number of nitrogens with two attached hydrogens (primary N) is 2. The van der Waals surface area contributed by atoms with Gasteiger partial charge in [-0.2, -0.15) is 4.98 Å². The second-order valence-corrected chi connectivity index (χ2v) is 20.0. The van der Waals surface area contributed by atoms with Crippen molar-refractivity contribution in [2.45, 2.75) is 137 Å². The van der Waals surface area contributed by atoms with Gasteiger partial charge in [0.15, 0.2) is 0 Å². The van der Waals surface area contributed by atoms with Gasteiger partial charge in [0.2, 0.25) is 27.7 Å². The predicted octanol–water partition coefficient (Wildman–Crippen LogP) is 6.22. The molecular formula is C41H61N7O6S2. The van der Waals surface area contributed by atoms with Gasteiger partial charge in [-0.3, -0.25) is 23.7 Å². The molecule has 3 amide bonds. The molecule has 1 aromatic carbocycles. The van der Waals surface area contributed by atoms with E-state index < -0.39 is 39.5 Å². The van der Waals surface area contributed by atoms with E-state index in [1.54, 1.807) is 11.3 Å². The summed E-state index contributed by atoms with van der Waals surface area (Å²) in [6.45, 7) is 16.3. The minimum Gasteiger partial charge on any atom is -0.459 e. The van der Waals surface area contributed by atoms with E-state index in [0.717, 1.165) is 65.8 Å². The maximum Gasteiger partial charge on any atom is 0.297 e. The molecule has 1 aliphatic carbocycles. The number of carbonyl (C=O) groups excluding carboxylic acids is 3. The first kappa shape index (κ1) is 43.3. The quantitative estimate of drug-likeness (QED) is 0.0988. The Hall–Kier alpha value is -3.82. The molecule has 3 heterocycles. The number of carbonyl (C=O) groups is 3. The Bertz CT molecular complexity index is 2030. The van der Waals surface area contributed by atoms with E-state index in [1.807, 2.05) is 50.5 Å². The summed E-state index contributed by atoms with van der Waals surface area (Å²) in [6.07, 6.45) is 9.30. The number of allylic oxidation sites excluding steroid dienone is 2. The molecular weight excluding hydrogens is 751 g/mol. The number of nitrogens with zero attached hydrogens (tertiary/aromatic N) is 4. The molecule has 0 bridgehead atoms. The molecule has 5 atom stereocenters. The zero-order chi connectivity index (χ0) is 41.1. The number of likely N-dealkylation sites (tertiary alicyclic amines) is 1. The maximum atomic E-state index is 13.4. The Balaban J connectivity index is 1.25. The standard InChI is InChI=1S/C41H61N7O6S2/c1-9-26-21-29(26)37(50)46-56(52,53)20-15-13-11-10-12-14-19-32-33(24(2)3)44-38(55-32)28-17-16-18-30-34(28)45-40(48(30)25(4)5)54-27-22-31(36(43)49)47(23-27)39(51)35(42)41(6,7)8/h10,12,16-18,24-27,29,31,35H,9,11,13-15,19-23,42H2,1-8H3,(H2,43,49)(H,46,50)/b12-10-/t26-,27-,29+,31+,35-/m1/s1. The topological polar surface area (TPSA) is 193 Å². The average molecular weight is 812 g/mol. The number of fused-ring (bicyclic) bond motifs is 1. The summed E-state index contributed by atoms with van der Waals surface area (Å²) in [5.41, 5.74) is 15.2. The number of aromatic nitrogens is 3. The Labute approximate surface area is 336 Å². The SMILES string of the molecule is CC[C@@H]1C[C@@H]1C(=O)NS(=O)(=O)CCCC/C=C\CCc1sc(-c2cccc3c2nc(O[C@@H]2C[C@@H](C(N)=O)N(C(=O)[C@@H](N)C(C)(C)C)C2)n3C(C)C)nc1C(C)C. The number of aryl methyl sites for hydroxylation is 1. The van der Waals surface area contributed by atoms with Crippen molar-refractivity contribution in [2.75, 3.05) is 12.3 Å². The van der Waals surface area contributed by atoms with Crippen molar-refractivity contribution in [3.63, 3.8) is 0 Å². The van der Waals surface area contributed by atoms with E-state index in [-0.39, 0.29) is 48.4 Å². The fourth-order valence-electron chi connectivity index (χ4n) is 7.36. The Morgan fingerprint density at radius 3 is 2.41 bits per heavy atom. The summed E-state index contributed by atoms with van der Waals surface area (Å²) >= 11 is 1.67. The van der Waals surface area contributed by atoms with Crippen LogP contribution in [0.3, 0.4) is 0 Å². The highest BCUT2D eigenvalue weighted by Crippen LogP contribution is 2.41. The smallest absolute Gasteiger partial charge is 0.297 e. The van der Waals surface area contributed by atoms with Gasteiger partial charge in [-0.25, -0.2) is 13.4 Å². The molecule has 15 heteroatoms. The molecule has 2 aromatic heterocycles. The van der Waals surface area contributed by atoms with E-state index in [9.17, 15) is 22.8 Å². The molecule has 1 saturated heterocycles. The Morgan fingerprint density at radius 1 is 1.07 bits per heavy atom. The highest BCUT2D eigenvalue weighted by atomic mass is 32.2. The zero-order valence-corrected chi connectivity index (χ0v) is 35.8. The average Bonchev–Trinajstić information content (AvgIpc) is 3.39. The van der Waals surface area contributed by atoms with E-state index in [0.29, 0.717) is 18.3 Å². The number of nitrogens with one attached hydrogen (secondary N) is 1. The second kappa shape index (κ2) is 17.8. The number of sulfonamides is 1. The first-order valence-electron chi connectivity index (χ1n) is 20.0. The summed E-state index contributed by atoms with van der Waals surface area (Å²) in [6, 6.07) is 4.83. The third-order valence-electron chi connectivity index (χ3n) is 10.8. The highest BCUT2D eigenvalue weighted by molar-refractivity contribution is 7.90. The van der Waals surface area contributed by atoms with Gasteiger partial charge in [-0.1, -0.05) is 66.2 Å². The van der Waals surface area contributed by atoms with Crippen LogP contribution in [0.1, 0.15) is 123 Å². The maximum absolute atomic E-state index is 13.4. The van der Waals surface area contributed by atoms with Gasteiger partial charge >= 0.3 is 0 Å². The van der Waals surface area contributed by atoms with Crippen molar-refractivity contribution >= 4 is 50.1 Å². The summed E-state index contributed by atoms with van der Waals surface area (Å²) < 4.78 is 35.5. The molecule has 1 saturated carbocycles. The minimum atomic E-state index is -3.60. The van der Waals surface area contributed by atoms with Crippen molar-refractivity contribution in [1.29, 1.82) is 0 Å². The fourth-order valence-corrected chi connectivity index (χ4v) is 9.76. The molecule has 56 heavy (non-hydrogen) atoms. The molecule has 5 rings (SSSR count). The number of rotatable bonds is 18. The van der Waals surface area contributed by atoms with Gasteiger partial charge in [0.1, 0.15) is 22.7 Å². The molecule has 2 aliphatic rings. The van der Waals surface area contributed by atoms with Gasteiger partial charge in [0.05, 0.1) is 29.6 Å². The van der Waals surface area contributed by atoms with Crippen LogP contribution < -0.4 is 20.9 Å². The van der Waals surface area contributed by atoms with Crippen LogP contribution in [0.4, 0.5) is 0 Å². The van der Waals surface area contributed by atoms with E-state index in [1.165, 1.54) is 9.78 Å². The van der Waals surface area contributed by atoms with Crippen LogP contribution in [-0.2, 0) is 30.8 Å². The van der Waals surface area contributed by atoms with Crippen LogP contribution in [0.25, 0.3) is 21.6 Å². The van der Waals surface area contributed by atoms with Crippen LogP contribution in [0.5, 0.6) is 6.01 Å². The number of benzene rings is 1. The second-order valence-electron chi connectivity index (χ2n) is 17.0. The van der Waals surface area contributed by atoms with Gasteiger partial charge in [0.25, 0.3) is 6.01 Å². The molecule has 13 nitrogen and oxygen atoms in total. The molecule has 308 valence electrons. The van der Waals surface area contributed by atoms with Gasteiger partial charge < -0.3 is 21.1 Å². The van der Waals surface area contributed by atoms with E-state index >= 15 is 0 Å². The Morgan fingerprint density at radius 2 is 1.79 bits per heavy atom. The lowest BCUT2D eigenvalue weighted by molar-refractivity contribution is -0.140. The lowest BCUT2D eigenvalue weighted by atomic mass is 9.86. The first-order valence-corrected chi connectivity index (χ1v) is 22.5. The van der Waals surface area contributed by atoms with E-state index in [4.69, 9.17) is 26.2 Å². The zero-order valence-electron chi connectivity index (χ0n) is 34.2.